The number of fused-ring (bicyclic) bond motifs is 2. The first-order valence-electron chi connectivity index (χ1n) is 18.8. The fourth-order valence-corrected chi connectivity index (χ4v) is 7.44. The number of carboxylic acids is 1. The number of imidazole rings is 1. The van der Waals surface area contributed by atoms with E-state index in [1.54, 1.807) is 60.5 Å². The van der Waals surface area contributed by atoms with Gasteiger partial charge in [-0.05, 0) is 72.5 Å². The number of benzene rings is 3. The molecule has 0 unspecified atom stereocenters. The van der Waals surface area contributed by atoms with Crippen molar-refractivity contribution < 1.29 is 37.9 Å². The molecule has 306 valence electrons. The Morgan fingerprint density at radius 2 is 1.71 bits per heavy atom. The predicted molar refractivity (Wildman–Crippen MR) is 219 cm³/mol. The molecule has 1 aliphatic rings. The van der Waals surface area contributed by atoms with E-state index in [0.29, 0.717) is 59.1 Å². The highest BCUT2D eigenvalue weighted by molar-refractivity contribution is 8.19. The van der Waals surface area contributed by atoms with Crippen LogP contribution in [0.4, 0.5) is 11.5 Å². The number of likely N-dealkylation sites (N-methyl/N-ethyl adjacent to an activating group) is 1. The molecule has 5 aromatic rings. The summed E-state index contributed by atoms with van der Waals surface area (Å²) in [5, 5.41) is 15.3. The lowest BCUT2D eigenvalue weighted by Gasteiger charge is -2.23. The molecule has 0 fully saturated rings. The summed E-state index contributed by atoms with van der Waals surface area (Å²) in [6.07, 6.45) is 4.14. The van der Waals surface area contributed by atoms with Gasteiger partial charge in [-0.3, -0.25) is 19.2 Å². The molecule has 0 saturated carbocycles. The number of nitrogens with zero attached hydrogens (tertiary/aromatic N) is 4. The van der Waals surface area contributed by atoms with E-state index in [9.17, 15) is 37.9 Å². The van der Waals surface area contributed by atoms with E-state index >= 15 is 0 Å². The molecule has 1 aliphatic heterocycles. The van der Waals surface area contributed by atoms with Crippen LogP contribution >= 0.6 is 10.9 Å². The minimum absolute atomic E-state index is 0.0290. The van der Waals surface area contributed by atoms with Gasteiger partial charge >= 0.3 is 5.97 Å². The van der Waals surface area contributed by atoms with Crippen LogP contribution in [0.15, 0.2) is 90.0 Å². The summed E-state index contributed by atoms with van der Waals surface area (Å²) in [5.74, 6) is -0.801. The molecule has 58 heavy (non-hydrogen) atoms. The SMILES string of the molecule is CN1Cc2cc(C(=O)N(CCCCCCNC(=O)c3ccc(NNCc4ccccc4S(O)(O)O)nc3)Cc3nc4ccccc4[nH]3)ccc2N[C@@H](CC(=O)O)C1=O. The van der Waals surface area contributed by atoms with Crippen molar-refractivity contribution in [2.75, 3.05) is 30.9 Å². The van der Waals surface area contributed by atoms with Crippen LogP contribution in [-0.4, -0.2) is 93.4 Å². The summed E-state index contributed by atoms with van der Waals surface area (Å²) in [5.41, 5.74) is 10.1. The highest BCUT2D eigenvalue weighted by Gasteiger charge is 2.30. The standard InChI is InChI=1S/C40H47N9O8S/c1-48-24-29-20-26(14-16-30(29)44-33(40(48)54)21-37(50)51)39(53)49(25-36-45-31-11-5-6-12-32(31)46-36)19-9-3-2-8-18-41-38(52)28-15-17-35(42-22-28)47-43-23-27-10-4-7-13-34(27)58(55,56)57/h4-7,10-17,20,22,33,43-44,55-57H,2-3,8-9,18-19,21,23-25H2,1H3,(H,41,52)(H,42,47)(H,45,46)(H,50,51)/t33-/m0/s1. The van der Waals surface area contributed by atoms with Crippen molar-refractivity contribution in [3.63, 3.8) is 0 Å². The fourth-order valence-electron chi connectivity index (χ4n) is 6.69. The zero-order chi connectivity index (χ0) is 41.2. The molecule has 0 aliphatic carbocycles. The first-order valence-corrected chi connectivity index (χ1v) is 20.3. The number of pyridine rings is 1. The first kappa shape index (κ1) is 41.6. The number of H-pyrrole nitrogens is 1. The van der Waals surface area contributed by atoms with E-state index in [1.165, 1.54) is 17.2 Å². The lowest BCUT2D eigenvalue weighted by atomic mass is 10.1. The molecule has 0 radical (unpaired) electrons. The first-order chi connectivity index (χ1) is 27.9. The monoisotopic (exact) mass is 813 g/mol. The van der Waals surface area contributed by atoms with Gasteiger partial charge in [0.05, 0.1) is 34.5 Å². The van der Waals surface area contributed by atoms with Gasteiger partial charge in [0.25, 0.3) is 11.8 Å². The Hall–Kier alpha value is -6.05. The maximum atomic E-state index is 14.1. The predicted octanol–water partition coefficient (Wildman–Crippen LogP) is 5.52. The van der Waals surface area contributed by atoms with E-state index in [1.807, 2.05) is 24.3 Å². The third kappa shape index (κ3) is 10.9. The fraction of sp³-hybridized carbons (Fsp3) is 0.300. The molecule has 3 heterocycles. The molecule has 3 amide bonds. The van der Waals surface area contributed by atoms with E-state index < -0.39 is 22.9 Å². The number of hydrogen-bond donors (Lipinski definition) is 9. The lowest BCUT2D eigenvalue weighted by Crippen LogP contribution is -2.39. The smallest absolute Gasteiger partial charge is 0.305 e. The largest absolute Gasteiger partial charge is 0.481 e. The summed E-state index contributed by atoms with van der Waals surface area (Å²) in [4.78, 5) is 66.5. The van der Waals surface area contributed by atoms with E-state index in [2.05, 4.69) is 36.4 Å². The maximum Gasteiger partial charge on any atom is 0.305 e. The number of carbonyl (C=O) groups is 4. The number of nitrogens with one attached hydrogen (secondary N) is 5. The second-order valence-corrected chi connectivity index (χ2v) is 15.5. The van der Waals surface area contributed by atoms with Crippen LogP contribution in [0.5, 0.6) is 0 Å². The number of rotatable bonds is 18. The minimum Gasteiger partial charge on any atom is -0.481 e. The summed E-state index contributed by atoms with van der Waals surface area (Å²) >= 11 is 0. The summed E-state index contributed by atoms with van der Waals surface area (Å²) in [6, 6.07) is 21.6. The van der Waals surface area contributed by atoms with Gasteiger partial charge in [0, 0.05) is 50.7 Å². The maximum absolute atomic E-state index is 14.1. The molecule has 3 aromatic carbocycles. The summed E-state index contributed by atoms with van der Waals surface area (Å²) < 4.78 is 28.9. The summed E-state index contributed by atoms with van der Waals surface area (Å²) in [7, 11) is -2.25. The molecule has 0 bridgehead atoms. The summed E-state index contributed by atoms with van der Waals surface area (Å²) in [6.45, 7) is 1.55. The third-order valence-corrected chi connectivity index (χ3v) is 10.6. The number of aromatic amines is 1. The molecule has 17 nitrogen and oxygen atoms in total. The van der Waals surface area contributed by atoms with Crippen molar-refractivity contribution in [1.29, 1.82) is 0 Å². The molecular weight excluding hydrogens is 767 g/mol. The Labute approximate surface area is 336 Å². The quantitative estimate of drug-likeness (QED) is 0.0392. The van der Waals surface area contributed by atoms with Crippen LogP contribution in [0.25, 0.3) is 11.0 Å². The van der Waals surface area contributed by atoms with Crippen LogP contribution in [0.2, 0.25) is 0 Å². The van der Waals surface area contributed by atoms with Crippen molar-refractivity contribution in [3.8, 4) is 0 Å². The Morgan fingerprint density at radius 3 is 2.47 bits per heavy atom. The van der Waals surface area contributed by atoms with Gasteiger partial charge in [-0.15, -0.1) is 0 Å². The van der Waals surface area contributed by atoms with Gasteiger partial charge < -0.3 is 49.6 Å². The number of amides is 3. The number of carboxylic acid groups (broad SMARTS) is 1. The Morgan fingerprint density at radius 1 is 0.948 bits per heavy atom. The Kier molecular flexibility index (Phi) is 13.6. The number of para-hydroxylation sites is 2. The van der Waals surface area contributed by atoms with Gasteiger partial charge in [-0.1, -0.05) is 43.2 Å². The van der Waals surface area contributed by atoms with Crippen LogP contribution in [0.1, 0.15) is 69.8 Å². The van der Waals surface area contributed by atoms with Gasteiger partial charge in [0.1, 0.15) is 28.6 Å². The zero-order valence-electron chi connectivity index (χ0n) is 31.9. The molecule has 6 rings (SSSR count). The second kappa shape index (κ2) is 18.9. The van der Waals surface area contributed by atoms with E-state index in [4.69, 9.17) is 0 Å². The number of carbonyl (C=O) groups excluding carboxylic acids is 3. The van der Waals surface area contributed by atoms with Gasteiger partial charge in [0.2, 0.25) is 5.91 Å². The highest BCUT2D eigenvalue weighted by atomic mass is 32.3. The topological polar surface area (TPSA) is 245 Å². The van der Waals surface area contributed by atoms with Crippen LogP contribution in [-0.2, 0) is 29.2 Å². The highest BCUT2D eigenvalue weighted by Crippen LogP contribution is 2.45. The van der Waals surface area contributed by atoms with Crippen molar-refractivity contribution in [2.24, 2.45) is 0 Å². The number of aromatic nitrogens is 3. The average Bonchev–Trinajstić information content (AvgIpc) is 3.57. The number of hydrogen-bond acceptors (Lipinski definition) is 12. The van der Waals surface area contributed by atoms with Crippen molar-refractivity contribution in [3.05, 3.63) is 113 Å². The molecular formula is C40H47N9O8S. The van der Waals surface area contributed by atoms with Crippen LogP contribution in [0, 0.1) is 0 Å². The molecule has 1 atom stereocenters. The van der Waals surface area contributed by atoms with Gasteiger partial charge in [-0.2, -0.15) is 0 Å². The average molecular weight is 814 g/mol. The van der Waals surface area contributed by atoms with Gasteiger partial charge in [-0.25, -0.2) is 15.4 Å². The molecule has 2 aromatic heterocycles. The van der Waals surface area contributed by atoms with E-state index in [-0.39, 0.29) is 48.7 Å². The molecule has 9 N–H and O–H groups in total. The zero-order valence-corrected chi connectivity index (χ0v) is 32.7. The number of anilines is 2. The third-order valence-electron chi connectivity index (χ3n) is 9.64. The van der Waals surface area contributed by atoms with Crippen LogP contribution in [0.3, 0.4) is 0 Å². The van der Waals surface area contributed by atoms with Crippen molar-refractivity contribution in [1.82, 2.24) is 35.5 Å². The number of unbranched alkanes of at least 4 members (excludes halogenated alkanes) is 3. The molecule has 18 heteroatoms. The van der Waals surface area contributed by atoms with Crippen molar-refractivity contribution in [2.45, 2.75) is 62.7 Å². The Bertz CT molecular complexity index is 2210. The molecule has 0 spiro atoms. The molecule has 0 saturated heterocycles. The van der Waals surface area contributed by atoms with Crippen LogP contribution < -0.4 is 21.5 Å². The van der Waals surface area contributed by atoms with Gasteiger partial charge in [0.15, 0.2) is 0 Å². The van der Waals surface area contributed by atoms with Crippen molar-refractivity contribution >= 4 is 57.1 Å². The lowest BCUT2D eigenvalue weighted by molar-refractivity contribution is -0.141. The number of aliphatic carboxylic acids is 1. The number of hydrazine groups is 1. The minimum atomic E-state index is -3.87. The second-order valence-electron chi connectivity index (χ2n) is 14.0. The Balaban J connectivity index is 0.988. The normalized spacial score (nSPS) is 14.3. The van der Waals surface area contributed by atoms with E-state index in [0.717, 1.165) is 30.3 Å².